The van der Waals surface area contributed by atoms with Gasteiger partial charge in [-0.2, -0.15) is 5.26 Å². The summed E-state index contributed by atoms with van der Waals surface area (Å²) in [5.74, 6) is 1.20. The molecule has 0 aliphatic rings. The molecule has 1 aromatic heterocycles. The van der Waals surface area contributed by atoms with E-state index in [4.69, 9.17) is 15.7 Å². The maximum atomic E-state index is 9.04. The second kappa shape index (κ2) is 5.59. The van der Waals surface area contributed by atoms with Crippen molar-refractivity contribution in [3.8, 4) is 11.8 Å². The predicted molar refractivity (Wildman–Crippen MR) is 77.3 cm³/mol. The molecule has 0 radical (unpaired) electrons. The normalized spacial score (nSPS) is 9.74. The fourth-order valence-corrected chi connectivity index (χ4v) is 2.09. The van der Waals surface area contributed by atoms with Crippen molar-refractivity contribution >= 4 is 33.1 Å². The first kappa shape index (κ1) is 13.2. The molecule has 5 nitrogen and oxygen atoms in total. The summed E-state index contributed by atoms with van der Waals surface area (Å²) in [6.07, 6.45) is 1.50. The molecule has 2 aromatic rings. The van der Waals surface area contributed by atoms with Crippen molar-refractivity contribution in [2.45, 2.75) is 0 Å². The maximum Gasteiger partial charge on any atom is 0.148 e. The van der Waals surface area contributed by atoms with Crippen LogP contribution in [0.15, 0.2) is 34.9 Å². The zero-order valence-corrected chi connectivity index (χ0v) is 11.7. The summed E-state index contributed by atoms with van der Waals surface area (Å²) in [4.78, 5) is 4.11. The molecule has 0 aliphatic heterocycles. The number of rotatable bonds is 3. The molecule has 6 heteroatoms. The average Bonchev–Trinajstić information content (AvgIpc) is 2.41. The van der Waals surface area contributed by atoms with Gasteiger partial charge in [-0.3, -0.25) is 0 Å². The Morgan fingerprint density at radius 1 is 1.42 bits per heavy atom. The highest BCUT2D eigenvalue weighted by atomic mass is 79.9. The smallest absolute Gasteiger partial charge is 0.148 e. The number of anilines is 3. The van der Waals surface area contributed by atoms with Crippen molar-refractivity contribution in [3.63, 3.8) is 0 Å². The quantitative estimate of drug-likeness (QED) is 0.908. The van der Waals surface area contributed by atoms with Gasteiger partial charge in [0.15, 0.2) is 0 Å². The van der Waals surface area contributed by atoms with Crippen molar-refractivity contribution in [1.29, 1.82) is 5.26 Å². The monoisotopic (exact) mass is 318 g/mol. The molecule has 3 N–H and O–H groups in total. The van der Waals surface area contributed by atoms with Gasteiger partial charge in [0.2, 0.25) is 0 Å². The number of hydrogen-bond acceptors (Lipinski definition) is 5. The Bertz CT molecular complexity index is 652. The number of nitrogens with one attached hydrogen (secondary N) is 1. The maximum absolute atomic E-state index is 9.04. The number of aromatic nitrogens is 1. The number of nitriles is 1. The van der Waals surface area contributed by atoms with Crippen LogP contribution < -0.4 is 15.8 Å². The average molecular weight is 319 g/mol. The minimum absolute atomic E-state index is 0.395. The molecule has 2 rings (SSSR count). The van der Waals surface area contributed by atoms with E-state index in [0.717, 1.165) is 15.9 Å². The highest BCUT2D eigenvalue weighted by Gasteiger charge is 2.06. The van der Waals surface area contributed by atoms with Gasteiger partial charge in [-0.25, -0.2) is 4.98 Å². The van der Waals surface area contributed by atoms with Gasteiger partial charge in [0.05, 0.1) is 29.0 Å². The molecule has 0 spiro atoms. The fraction of sp³-hybridized carbons (Fsp3) is 0.0769. The molecule has 0 unspecified atom stereocenters. The van der Waals surface area contributed by atoms with Crippen LogP contribution >= 0.6 is 15.9 Å². The second-order valence-corrected chi connectivity index (χ2v) is 4.61. The molecule has 0 saturated heterocycles. The highest BCUT2D eigenvalue weighted by Crippen LogP contribution is 2.29. The van der Waals surface area contributed by atoms with Crippen LogP contribution in [0.1, 0.15) is 5.56 Å². The Morgan fingerprint density at radius 2 is 2.21 bits per heavy atom. The highest BCUT2D eigenvalue weighted by molar-refractivity contribution is 9.10. The Labute approximate surface area is 119 Å². The van der Waals surface area contributed by atoms with Crippen LogP contribution in [0.25, 0.3) is 0 Å². The summed E-state index contributed by atoms with van der Waals surface area (Å²) in [6, 6.07) is 9.13. The number of nitrogen functional groups attached to an aromatic ring is 1. The molecule has 0 atom stereocenters. The number of benzene rings is 1. The first-order valence-corrected chi connectivity index (χ1v) is 6.19. The third-order valence-corrected chi connectivity index (χ3v) is 3.06. The fourth-order valence-electron chi connectivity index (χ4n) is 1.55. The lowest BCUT2D eigenvalue weighted by Gasteiger charge is -2.09. The Morgan fingerprint density at radius 3 is 2.84 bits per heavy atom. The summed E-state index contributed by atoms with van der Waals surface area (Å²) in [7, 11) is 1.60. The van der Waals surface area contributed by atoms with E-state index < -0.39 is 0 Å². The van der Waals surface area contributed by atoms with Gasteiger partial charge in [-0.1, -0.05) is 0 Å². The number of halogens is 1. The van der Waals surface area contributed by atoms with Crippen molar-refractivity contribution < 1.29 is 4.74 Å². The minimum Gasteiger partial charge on any atom is -0.496 e. The molecule has 19 heavy (non-hydrogen) atoms. The van der Waals surface area contributed by atoms with E-state index in [1.54, 1.807) is 13.2 Å². The standard InChI is InChI=1S/C13H11BrN4O/c1-19-12-3-2-10(5-11(12)14)18-13-8(6-15)4-9(16)7-17-13/h2-5,7H,16H2,1H3,(H,17,18). The van der Waals surface area contributed by atoms with Crippen molar-refractivity contribution in [1.82, 2.24) is 4.98 Å². The van der Waals surface area contributed by atoms with E-state index in [2.05, 4.69) is 32.3 Å². The van der Waals surface area contributed by atoms with Gasteiger partial charge in [-0.15, -0.1) is 0 Å². The molecule has 0 saturated carbocycles. The van der Waals surface area contributed by atoms with Gasteiger partial charge in [0, 0.05) is 5.69 Å². The van der Waals surface area contributed by atoms with Crippen molar-refractivity contribution in [2.75, 3.05) is 18.2 Å². The topological polar surface area (TPSA) is 84.0 Å². The van der Waals surface area contributed by atoms with Crippen molar-refractivity contribution in [3.05, 3.63) is 40.5 Å². The minimum atomic E-state index is 0.395. The van der Waals surface area contributed by atoms with Gasteiger partial charge < -0.3 is 15.8 Å². The summed E-state index contributed by atoms with van der Waals surface area (Å²) < 4.78 is 5.97. The lowest BCUT2D eigenvalue weighted by atomic mass is 10.2. The zero-order chi connectivity index (χ0) is 13.8. The molecule has 0 bridgehead atoms. The molecule has 1 heterocycles. The summed E-state index contributed by atoms with van der Waals surface area (Å²) >= 11 is 3.40. The number of ether oxygens (including phenoxy) is 1. The van der Waals surface area contributed by atoms with Crippen molar-refractivity contribution in [2.24, 2.45) is 0 Å². The lowest BCUT2D eigenvalue weighted by molar-refractivity contribution is 0.412. The van der Waals surface area contributed by atoms with Crippen LogP contribution in [0, 0.1) is 11.3 Å². The third kappa shape index (κ3) is 2.95. The molecule has 1 aromatic carbocycles. The molecule has 96 valence electrons. The second-order valence-electron chi connectivity index (χ2n) is 3.75. The summed E-state index contributed by atoms with van der Waals surface area (Å²) in [5, 5.41) is 12.1. The van der Waals surface area contributed by atoms with E-state index in [1.165, 1.54) is 6.20 Å². The molecule has 0 aliphatic carbocycles. The van der Waals surface area contributed by atoms with Gasteiger partial charge >= 0.3 is 0 Å². The number of methoxy groups -OCH3 is 1. The Hall–Kier alpha value is -2.26. The SMILES string of the molecule is COc1ccc(Nc2ncc(N)cc2C#N)cc1Br. The van der Waals surface area contributed by atoms with Crippen LogP contribution in [0.3, 0.4) is 0 Å². The van der Waals surface area contributed by atoms with Gasteiger partial charge in [0.1, 0.15) is 17.6 Å². The third-order valence-electron chi connectivity index (χ3n) is 2.44. The predicted octanol–water partition coefficient (Wildman–Crippen LogP) is 3.05. The lowest BCUT2D eigenvalue weighted by Crippen LogP contribution is -1.99. The van der Waals surface area contributed by atoms with Crippen LogP contribution in [0.2, 0.25) is 0 Å². The summed E-state index contributed by atoms with van der Waals surface area (Å²) in [5.41, 5.74) is 7.24. The van der Waals surface area contributed by atoms with E-state index >= 15 is 0 Å². The molecular formula is C13H11BrN4O. The van der Waals surface area contributed by atoms with Gasteiger partial charge in [-0.05, 0) is 40.2 Å². The first-order chi connectivity index (χ1) is 9.13. The number of nitrogens with two attached hydrogens (primary N) is 1. The first-order valence-electron chi connectivity index (χ1n) is 5.40. The number of hydrogen-bond donors (Lipinski definition) is 2. The van der Waals surface area contributed by atoms with Crippen LogP contribution in [0.5, 0.6) is 5.75 Å². The summed E-state index contributed by atoms with van der Waals surface area (Å²) in [6.45, 7) is 0. The zero-order valence-electron chi connectivity index (χ0n) is 10.1. The van der Waals surface area contributed by atoms with E-state index in [1.807, 2.05) is 18.2 Å². The van der Waals surface area contributed by atoms with E-state index in [-0.39, 0.29) is 0 Å². The van der Waals surface area contributed by atoms with Crippen LogP contribution in [-0.2, 0) is 0 Å². The Kier molecular flexibility index (Phi) is 3.88. The number of nitrogens with zero attached hydrogens (tertiary/aromatic N) is 2. The molecule has 0 amide bonds. The van der Waals surface area contributed by atoms with Gasteiger partial charge in [0.25, 0.3) is 0 Å². The van der Waals surface area contributed by atoms with E-state index in [9.17, 15) is 0 Å². The molecule has 0 fully saturated rings. The van der Waals surface area contributed by atoms with E-state index in [0.29, 0.717) is 17.1 Å². The van der Waals surface area contributed by atoms with Crippen LogP contribution in [0.4, 0.5) is 17.2 Å². The molecular weight excluding hydrogens is 308 g/mol. The van der Waals surface area contributed by atoms with Crippen LogP contribution in [-0.4, -0.2) is 12.1 Å². The largest absolute Gasteiger partial charge is 0.496 e. The number of pyridine rings is 1. The Balaban J connectivity index is 2.31.